The van der Waals surface area contributed by atoms with Gasteiger partial charge in [-0.05, 0) is 24.9 Å². The predicted molar refractivity (Wildman–Crippen MR) is 95.0 cm³/mol. The summed E-state index contributed by atoms with van der Waals surface area (Å²) in [5.74, 6) is -3.24. The van der Waals surface area contributed by atoms with Crippen LogP contribution in [0.4, 0.5) is 0 Å². The third-order valence-corrected chi connectivity index (χ3v) is 3.83. The van der Waals surface area contributed by atoms with E-state index >= 15 is 0 Å². The molecule has 4 amide bonds. The maximum atomic E-state index is 12.1. The molecule has 0 rings (SSSR count). The van der Waals surface area contributed by atoms with Crippen LogP contribution in [0.2, 0.25) is 0 Å². The van der Waals surface area contributed by atoms with Crippen LogP contribution in [0.3, 0.4) is 0 Å². The Bertz CT molecular complexity index is 530. The van der Waals surface area contributed by atoms with Crippen LogP contribution >= 0.6 is 11.8 Å². The molecule has 0 fully saturated rings. The van der Waals surface area contributed by atoms with Crippen LogP contribution in [0.25, 0.3) is 0 Å². The Morgan fingerprint density at radius 1 is 1.04 bits per heavy atom. The van der Waals surface area contributed by atoms with Crippen molar-refractivity contribution in [2.45, 2.75) is 31.3 Å². The first-order chi connectivity index (χ1) is 12.2. The summed E-state index contributed by atoms with van der Waals surface area (Å²) in [5, 5.41) is 16.0. The number of carboxylic acid groups (broad SMARTS) is 1. The van der Waals surface area contributed by atoms with Crippen LogP contribution in [0.1, 0.15) is 19.3 Å². The lowest BCUT2D eigenvalue weighted by molar-refractivity contribution is -0.142. The first-order valence-corrected chi connectivity index (χ1v) is 9.17. The summed E-state index contributed by atoms with van der Waals surface area (Å²) < 4.78 is 0. The van der Waals surface area contributed by atoms with Gasteiger partial charge < -0.3 is 32.5 Å². The van der Waals surface area contributed by atoms with E-state index < -0.39 is 48.2 Å². The van der Waals surface area contributed by atoms with Crippen LogP contribution in [0.15, 0.2) is 0 Å². The van der Waals surface area contributed by atoms with Crippen molar-refractivity contribution in [3.05, 3.63) is 0 Å². The molecule has 2 atom stereocenters. The summed E-state index contributed by atoms with van der Waals surface area (Å²) in [5.41, 5.74) is 10.2. The molecule has 0 spiro atoms. The Morgan fingerprint density at radius 3 is 2.15 bits per heavy atom. The third kappa shape index (κ3) is 10.5. The van der Waals surface area contributed by atoms with Crippen LogP contribution in [0.5, 0.6) is 0 Å². The Kier molecular flexibility index (Phi) is 11.8. The van der Waals surface area contributed by atoms with Gasteiger partial charge in [-0.25, -0.2) is 4.79 Å². The van der Waals surface area contributed by atoms with Gasteiger partial charge in [0, 0.05) is 6.42 Å². The summed E-state index contributed by atoms with van der Waals surface area (Å²) >= 11 is 1.48. The average molecular weight is 391 g/mol. The van der Waals surface area contributed by atoms with Gasteiger partial charge in [0.2, 0.25) is 23.6 Å². The Morgan fingerprint density at radius 2 is 1.65 bits per heavy atom. The predicted octanol–water partition coefficient (Wildman–Crippen LogP) is -2.87. The monoisotopic (exact) mass is 391 g/mol. The fraction of sp³-hybridized carbons (Fsp3) is 0.643. The largest absolute Gasteiger partial charge is 0.480 e. The summed E-state index contributed by atoms with van der Waals surface area (Å²) in [7, 11) is 0. The van der Waals surface area contributed by atoms with Crippen molar-refractivity contribution in [3.8, 4) is 0 Å². The maximum absolute atomic E-state index is 12.1. The molecule has 12 heteroatoms. The van der Waals surface area contributed by atoms with Crippen molar-refractivity contribution in [1.29, 1.82) is 0 Å². The number of nitrogens with one attached hydrogen (secondary N) is 3. The lowest BCUT2D eigenvalue weighted by Gasteiger charge is -2.18. The molecule has 0 radical (unpaired) electrons. The highest BCUT2D eigenvalue weighted by Gasteiger charge is 2.23. The van der Waals surface area contributed by atoms with Crippen LogP contribution in [0, 0.1) is 0 Å². The van der Waals surface area contributed by atoms with E-state index in [1.165, 1.54) is 11.8 Å². The second-order valence-corrected chi connectivity index (χ2v) is 6.27. The number of carboxylic acids is 1. The third-order valence-electron chi connectivity index (χ3n) is 3.18. The van der Waals surface area contributed by atoms with Gasteiger partial charge in [0.05, 0.1) is 13.1 Å². The van der Waals surface area contributed by atoms with Crippen molar-refractivity contribution < 1.29 is 29.1 Å². The van der Waals surface area contributed by atoms with Crippen LogP contribution in [-0.4, -0.2) is 71.9 Å². The maximum Gasteiger partial charge on any atom is 0.326 e. The topological polar surface area (TPSA) is 194 Å². The molecule has 0 heterocycles. The molecule has 0 aromatic rings. The first-order valence-electron chi connectivity index (χ1n) is 7.77. The average Bonchev–Trinajstić information content (AvgIpc) is 2.59. The molecule has 26 heavy (non-hydrogen) atoms. The minimum atomic E-state index is -1.32. The zero-order chi connectivity index (χ0) is 20.1. The number of carbonyl (C=O) groups is 5. The molecule has 8 N–H and O–H groups in total. The molecular formula is C14H25N5O6S. The molecule has 2 unspecified atom stereocenters. The molecule has 0 aliphatic heterocycles. The van der Waals surface area contributed by atoms with E-state index in [2.05, 4.69) is 16.0 Å². The molecule has 11 nitrogen and oxygen atoms in total. The molecule has 0 aliphatic carbocycles. The quantitative estimate of drug-likeness (QED) is 0.193. The normalized spacial score (nSPS) is 12.5. The van der Waals surface area contributed by atoms with Gasteiger partial charge in [0.1, 0.15) is 12.1 Å². The Hall–Kier alpha value is -2.34. The number of nitrogens with two attached hydrogens (primary N) is 2. The van der Waals surface area contributed by atoms with Gasteiger partial charge in [-0.2, -0.15) is 11.8 Å². The zero-order valence-electron chi connectivity index (χ0n) is 14.4. The van der Waals surface area contributed by atoms with E-state index in [0.717, 1.165) is 0 Å². The van der Waals surface area contributed by atoms with Crippen molar-refractivity contribution >= 4 is 41.4 Å². The van der Waals surface area contributed by atoms with Gasteiger partial charge in [-0.1, -0.05) is 0 Å². The molecule has 0 bridgehead atoms. The van der Waals surface area contributed by atoms with Gasteiger partial charge in [0.15, 0.2) is 0 Å². The van der Waals surface area contributed by atoms with E-state index in [4.69, 9.17) is 16.6 Å². The number of amides is 4. The van der Waals surface area contributed by atoms with Crippen molar-refractivity contribution in [3.63, 3.8) is 0 Å². The number of hydrogen-bond donors (Lipinski definition) is 6. The van der Waals surface area contributed by atoms with Gasteiger partial charge >= 0.3 is 5.97 Å². The first kappa shape index (κ1) is 23.7. The standard InChI is InChI=1S/C14H25N5O6S/c1-26-5-4-8(18-11(21)6-15)13(23)17-7-12(22)19-9(14(24)25)2-3-10(16)20/h8-9H,2-7,15H2,1H3,(H2,16,20)(H,17,23)(H,18,21)(H,19,22)(H,24,25). The lowest BCUT2D eigenvalue weighted by Crippen LogP contribution is -2.51. The Labute approximate surface area is 155 Å². The molecule has 0 aromatic heterocycles. The zero-order valence-corrected chi connectivity index (χ0v) is 15.3. The number of aliphatic carboxylic acids is 1. The molecule has 0 aromatic carbocycles. The summed E-state index contributed by atoms with van der Waals surface area (Å²) in [6.07, 6.45) is 1.82. The molecular weight excluding hydrogens is 366 g/mol. The molecule has 0 aliphatic rings. The number of carbonyl (C=O) groups excluding carboxylic acids is 4. The molecule has 148 valence electrons. The molecule has 0 saturated heterocycles. The van der Waals surface area contributed by atoms with Crippen molar-refractivity contribution in [2.24, 2.45) is 11.5 Å². The highest BCUT2D eigenvalue weighted by molar-refractivity contribution is 7.98. The highest BCUT2D eigenvalue weighted by Crippen LogP contribution is 2.01. The number of thioether (sulfide) groups is 1. The summed E-state index contributed by atoms with van der Waals surface area (Å²) in [6.45, 7) is -0.753. The second kappa shape index (κ2) is 12.9. The number of rotatable bonds is 13. The molecule has 0 saturated carbocycles. The van der Waals surface area contributed by atoms with Crippen molar-refractivity contribution in [2.75, 3.05) is 25.1 Å². The van der Waals surface area contributed by atoms with E-state index in [0.29, 0.717) is 12.2 Å². The minimum absolute atomic E-state index is 0.159. The minimum Gasteiger partial charge on any atom is -0.480 e. The fourth-order valence-electron chi connectivity index (χ4n) is 1.84. The van der Waals surface area contributed by atoms with E-state index in [-0.39, 0.29) is 19.4 Å². The van der Waals surface area contributed by atoms with Crippen molar-refractivity contribution in [1.82, 2.24) is 16.0 Å². The summed E-state index contributed by atoms with van der Waals surface area (Å²) in [4.78, 5) is 57.0. The van der Waals surface area contributed by atoms with Crippen LogP contribution < -0.4 is 27.4 Å². The Balaban J connectivity index is 4.57. The highest BCUT2D eigenvalue weighted by atomic mass is 32.2. The smallest absolute Gasteiger partial charge is 0.326 e. The SMILES string of the molecule is CSCCC(NC(=O)CN)C(=O)NCC(=O)NC(CCC(N)=O)C(=O)O. The van der Waals surface area contributed by atoms with Gasteiger partial charge in [-0.3, -0.25) is 19.2 Å². The summed E-state index contributed by atoms with van der Waals surface area (Å²) in [6, 6.07) is -2.15. The second-order valence-electron chi connectivity index (χ2n) is 5.29. The van der Waals surface area contributed by atoms with Crippen LogP contribution in [-0.2, 0) is 24.0 Å². The van der Waals surface area contributed by atoms with E-state index in [1.54, 1.807) is 0 Å². The number of primary amides is 1. The van der Waals surface area contributed by atoms with Gasteiger partial charge in [0.25, 0.3) is 0 Å². The van der Waals surface area contributed by atoms with Gasteiger partial charge in [-0.15, -0.1) is 0 Å². The fourth-order valence-corrected chi connectivity index (χ4v) is 2.31. The van der Waals surface area contributed by atoms with E-state index in [1.807, 2.05) is 6.26 Å². The van der Waals surface area contributed by atoms with E-state index in [9.17, 15) is 24.0 Å². The lowest BCUT2D eigenvalue weighted by atomic mass is 10.1. The number of hydrogen-bond acceptors (Lipinski definition) is 7.